The lowest BCUT2D eigenvalue weighted by atomic mass is 9.74. The van der Waals surface area contributed by atoms with Crippen molar-refractivity contribution in [2.75, 3.05) is 12.0 Å². The summed E-state index contributed by atoms with van der Waals surface area (Å²) in [7, 11) is -3.07. The molecule has 108 valence electrons. The van der Waals surface area contributed by atoms with Crippen LogP contribution in [-0.4, -0.2) is 32.1 Å². The molecular formula is C11H20F3NO2S. The molecule has 0 spiro atoms. The van der Waals surface area contributed by atoms with Gasteiger partial charge in [0.25, 0.3) is 0 Å². The first-order chi connectivity index (χ1) is 8.02. The second-order valence-corrected chi connectivity index (χ2v) is 7.69. The molecule has 0 radical (unpaired) electrons. The minimum atomic E-state index is -4.19. The molecule has 0 amide bonds. The summed E-state index contributed by atoms with van der Waals surface area (Å²) in [5, 5.41) is 0. The van der Waals surface area contributed by atoms with Crippen LogP contribution in [0.2, 0.25) is 0 Å². The fourth-order valence-electron chi connectivity index (χ4n) is 2.59. The van der Waals surface area contributed by atoms with Crippen LogP contribution in [0.3, 0.4) is 0 Å². The van der Waals surface area contributed by atoms with Gasteiger partial charge in [0.15, 0.2) is 0 Å². The Bertz CT molecular complexity index is 380. The van der Waals surface area contributed by atoms with Gasteiger partial charge in [0, 0.05) is 17.5 Å². The Labute approximate surface area is 106 Å². The number of sulfone groups is 1. The molecule has 1 saturated carbocycles. The van der Waals surface area contributed by atoms with Crippen LogP contribution in [0.5, 0.6) is 0 Å². The predicted molar refractivity (Wildman–Crippen MR) is 63.9 cm³/mol. The van der Waals surface area contributed by atoms with Gasteiger partial charge in [-0.15, -0.1) is 0 Å². The van der Waals surface area contributed by atoms with Gasteiger partial charge in [-0.25, -0.2) is 8.42 Å². The molecule has 1 aliphatic rings. The second kappa shape index (κ2) is 5.36. The maximum atomic E-state index is 12.6. The zero-order chi connectivity index (χ0) is 14.0. The zero-order valence-corrected chi connectivity index (χ0v) is 11.3. The van der Waals surface area contributed by atoms with Crippen LogP contribution in [-0.2, 0) is 9.84 Å². The molecule has 2 unspecified atom stereocenters. The third-order valence-electron chi connectivity index (χ3n) is 3.53. The summed E-state index contributed by atoms with van der Waals surface area (Å²) in [6.45, 7) is 0. The number of hydrogen-bond acceptors (Lipinski definition) is 3. The van der Waals surface area contributed by atoms with E-state index in [1.54, 1.807) is 0 Å². The van der Waals surface area contributed by atoms with Gasteiger partial charge in [0.1, 0.15) is 9.84 Å². The molecule has 0 heterocycles. The normalized spacial score (nSPS) is 30.4. The van der Waals surface area contributed by atoms with E-state index in [2.05, 4.69) is 0 Å². The van der Waals surface area contributed by atoms with E-state index in [-0.39, 0.29) is 18.6 Å². The molecule has 1 rings (SSSR count). The second-order valence-electron chi connectivity index (χ2n) is 5.43. The molecule has 2 atom stereocenters. The first-order valence-corrected chi connectivity index (χ1v) is 8.11. The minimum Gasteiger partial charge on any atom is -0.325 e. The van der Waals surface area contributed by atoms with Gasteiger partial charge in [0.05, 0.1) is 5.92 Å². The predicted octanol–water partition coefficient (Wildman–Crippen LogP) is 2.26. The molecule has 7 heteroatoms. The van der Waals surface area contributed by atoms with E-state index >= 15 is 0 Å². The summed E-state index contributed by atoms with van der Waals surface area (Å²) in [5.41, 5.74) is 5.12. The van der Waals surface area contributed by atoms with Gasteiger partial charge in [-0.05, 0) is 32.1 Å². The Hall–Kier alpha value is -0.300. The quantitative estimate of drug-likeness (QED) is 0.862. The van der Waals surface area contributed by atoms with Crippen LogP contribution in [0.1, 0.15) is 38.5 Å². The zero-order valence-electron chi connectivity index (χ0n) is 10.5. The van der Waals surface area contributed by atoms with E-state index in [1.165, 1.54) is 0 Å². The molecule has 0 aromatic heterocycles. The average molecular weight is 287 g/mol. The van der Waals surface area contributed by atoms with E-state index in [9.17, 15) is 21.6 Å². The van der Waals surface area contributed by atoms with Gasteiger partial charge < -0.3 is 5.73 Å². The maximum absolute atomic E-state index is 12.6. The molecule has 0 bridgehead atoms. The van der Waals surface area contributed by atoms with E-state index in [4.69, 9.17) is 5.73 Å². The highest BCUT2D eigenvalue weighted by atomic mass is 32.2. The standard InChI is InChI=1S/C11H20F3NO2S/c1-18(16,17)7-3-6-10(15)5-2-4-9(8-10)11(12,13)14/h9H,2-8,15H2,1H3. The van der Waals surface area contributed by atoms with Gasteiger partial charge in [-0.3, -0.25) is 0 Å². The number of alkyl halides is 3. The van der Waals surface area contributed by atoms with Crippen molar-refractivity contribution in [1.82, 2.24) is 0 Å². The molecular weight excluding hydrogens is 267 g/mol. The molecule has 18 heavy (non-hydrogen) atoms. The van der Waals surface area contributed by atoms with Crippen LogP contribution < -0.4 is 5.73 Å². The Morgan fingerprint density at radius 3 is 2.50 bits per heavy atom. The topological polar surface area (TPSA) is 60.2 Å². The van der Waals surface area contributed by atoms with E-state index in [1.807, 2.05) is 0 Å². The SMILES string of the molecule is CS(=O)(=O)CCCC1(N)CCCC(C(F)(F)F)C1. The molecule has 0 aliphatic heterocycles. The van der Waals surface area contributed by atoms with Crippen molar-refractivity contribution >= 4 is 9.84 Å². The Kier molecular flexibility index (Phi) is 4.70. The lowest BCUT2D eigenvalue weighted by Crippen LogP contribution is -2.47. The number of nitrogens with two attached hydrogens (primary N) is 1. The Balaban J connectivity index is 2.53. The minimum absolute atomic E-state index is 0.0113. The monoisotopic (exact) mass is 287 g/mol. The average Bonchev–Trinajstić information content (AvgIpc) is 2.13. The fraction of sp³-hybridized carbons (Fsp3) is 1.00. The lowest BCUT2D eigenvalue weighted by molar-refractivity contribution is -0.187. The van der Waals surface area contributed by atoms with Gasteiger partial charge in [-0.2, -0.15) is 13.2 Å². The van der Waals surface area contributed by atoms with Crippen molar-refractivity contribution in [3.63, 3.8) is 0 Å². The molecule has 3 nitrogen and oxygen atoms in total. The van der Waals surface area contributed by atoms with E-state index in [0.717, 1.165) is 6.26 Å². The van der Waals surface area contributed by atoms with Crippen LogP contribution in [0.15, 0.2) is 0 Å². The fourth-order valence-corrected chi connectivity index (χ4v) is 3.26. The molecule has 0 aromatic carbocycles. The van der Waals surface area contributed by atoms with Crippen LogP contribution in [0, 0.1) is 5.92 Å². The third-order valence-corrected chi connectivity index (χ3v) is 4.56. The lowest BCUT2D eigenvalue weighted by Gasteiger charge is -2.38. The summed E-state index contributed by atoms with van der Waals surface area (Å²) in [4.78, 5) is 0. The first kappa shape index (κ1) is 15.8. The van der Waals surface area contributed by atoms with Crippen molar-refractivity contribution in [2.24, 2.45) is 11.7 Å². The van der Waals surface area contributed by atoms with Crippen LogP contribution in [0.4, 0.5) is 13.2 Å². The van der Waals surface area contributed by atoms with Crippen molar-refractivity contribution in [3.8, 4) is 0 Å². The van der Waals surface area contributed by atoms with E-state index in [0.29, 0.717) is 25.7 Å². The van der Waals surface area contributed by atoms with Gasteiger partial charge in [-0.1, -0.05) is 6.42 Å². The highest BCUT2D eigenvalue weighted by Gasteiger charge is 2.45. The molecule has 2 N–H and O–H groups in total. The summed E-state index contributed by atoms with van der Waals surface area (Å²) < 4.78 is 59.9. The van der Waals surface area contributed by atoms with Crippen LogP contribution >= 0.6 is 0 Å². The van der Waals surface area contributed by atoms with Crippen molar-refractivity contribution in [3.05, 3.63) is 0 Å². The molecule has 1 fully saturated rings. The smallest absolute Gasteiger partial charge is 0.325 e. The first-order valence-electron chi connectivity index (χ1n) is 6.05. The van der Waals surface area contributed by atoms with Gasteiger partial charge in [0.2, 0.25) is 0 Å². The molecule has 1 aliphatic carbocycles. The summed E-state index contributed by atoms with van der Waals surface area (Å²) in [6.07, 6.45) is -1.35. The number of halogens is 3. The van der Waals surface area contributed by atoms with Crippen molar-refractivity contribution in [1.29, 1.82) is 0 Å². The largest absolute Gasteiger partial charge is 0.391 e. The third kappa shape index (κ3) is 5.14. The summed E-state index contributed by atoms with van der Waals surface area (Å²) in [5.74, 6) is -1.35. The molecule has 0 aromatic rings. The summed E-state index contributed by atoms with van der Waals surface area (Å²) >= 11 is 0. The van der Waals surface area contributed by atoms with E-state index < -0.39 is 27.5 Å². The highest BCUT2D eigenvalue weighted by molar-refractivity contribution is 7.90. The Morgan fingerprint density at radius 2 is 2.00 bits per heavy atom. The number of rotatable bonds is 4. The van der Waals surface area contributed by atoms with Crippen LogP contribution in [0.25, 0.3) is 0 Å². The maximum Gasteiger partial charge on any atom is 0.391 e. The number of hydrogen-bond donors (Lipinski definition) is 1. The van der Waals surface area contributed by atoms with Crippen molar-refractivity contribution < 1.29 is 21.6 Å². The highest BCUT2D eigenvalue weighted by Crippen LogP contribution is 2.42. The Morgan fingerprint density at radius 1 is 1.39 bits per heavy atom. The van der Waals surface area contributed by atoms with Crippen molar-refractivity contribution in [2.45, 2.75) is 50.2 Å². The molecule has 0 saturated heterocycles. The van der Waals surface area contributed by atoms with Gasteiger partial charge >= 0.3 is 6.18 Å². The summed E-state index contributed by atoms with van der Waals surface area (Å²) in [6, 6.07) is 0.